The van der Waals surface area contributed by atoms with Crippen molar-refractivity contribution in [1.82, 2.24) is 5.32 Å². The number of esters is 1. The van der Waals surface area contributed by atoms with Crippen LogP contribution in [0.4, 0.5) is 0 Å². The van der Waals surface area contributed by atoms with Crippen LogP contribution in [0.25, 0.3) is 0 Å². The predicted octanol–water partition coefficient (Wildman–Crippen LogP) is 1.27. The van der Waals surface area contributed by atoms with Crippen LogP contribution in [0.1, 0.15) is 24.2 Å². The molecule has 4 nitrogen and oxygen atoms in total. The molecule has 5 heteroatoms. The predicted molar refractivity (Wildman–Crippen MR) is 65.6 cm³/mol. The highest BCUT2D eigenvalue weighted by Gasteiger charge is 2.16. The fourth-order valence-electron chi connectivity index (χ4n) is 1.21. The molecule has 1 atom stereocenters. The number of carbonyl (C=O) groups excluding carboxylic acids is 2. The molecular formula is C12H14NO3S-. The van der Waals surface area contributed by atoms with Crippen molar-refractivity contribution in [3.8, 4) is 0 Å². The summed E-state index contributed by atoms with van der Waals surface area (Å²) in [6.07, 6.45) is 0. The average molecular weight is 252 g/mol. The minimum absolute atomic E-state index is 0.295. The third-order valence-corrected chi connectivity index (χ3v) is 2.38. The normalized spacial score (nSPS) is 11.6. The number of benzene rings is 1. The second-order valence-corrected chi connectivity index (χ2v) is 3.94. The smallest absolute Gasteiger partial charge is 0.328 e. The maximum absolute atomic E-state index is 11.7. The maximum atomic E-state index is 11.7. The topological polar surface area (TPSA) is 55.4 Å². The van der Waals surface area contributed by atoms with Gasteiger partial charge in [0.25, 0.3) is 5.91 Å². The first-order chi connectivity index (χ1) is 8.04. The zero-order chi connectivity index (χ0) is 12.8. The fraction of sp³-hybridized carbons (Fsp3) is 0.333. The average Bonchev–Trinajstić information content (AvgIpc) is 2.30. The lowest BCUT2D eigenvalue weighted by Crippen LogP contribution is -2.39. The van der Waals surface area contributed by atoms with E-state index < -0.39 is 12.0 Å². The van der Waals surface area contributed by atoms with Crippen molar-refractivity contribution in [2.24, 2.45) is 0 Å². The van der Waals surface area contributed by atoms with Gasteiger partial charge in [-0.3, -0.25) is 4.79 Å². The van der Waals surface area contributed by atoms with Crippen LogP contribution in [0.5, 0.6) is 0 Å². The van der Waals surface area contributed by atoms with Gasteiger partial charge >= 0.3 is 5.97 Å². The summed E-state index contributed by atoms with van der Waals surface area (Å²) in [5.41, 5.74) is 0.467. The summed E-state index contributed by atoms with van der Waals surface area (Å²) < 4.78 is 4.79. The highest BCUT2D eigenvalue weighted by molar-refractivity contribution is 7.58. The largest absolute Gasteiger partial charge is 0.780 e. The molecule has 92 valence electrons. The Hall–Kier alpha value is -1.62. The summed E-state index contributed by atoms with van der Waals surface area (Å²) in [6.45, 7) is 3.59. The SMILES string of the molecule is CCOC(=O)[C@H](C)NC(=O)c1ccc([S-])cc1. The Morgan fingerprint density at radius 2 is 1.94 bits per heavy atom. The number of ether oxygens (including phenoxy) is 1. The number of hydrogen-bond donors (Lipinski definition) is 1. The van der Waals surface area contributed by atoms with Gasteiger partial charge in [0.05, 0.1) is 6.61 Å². The highest BCUT2D eigenvalue weighted by atomic mass is 32.1. The third-order valence-electron chi connectivity index (χ3n) is 2.10. The third kappa shape index (κ3) is 4.03. The van der Waals surface area contributed by atoms with E-state index in [9.17, 15) is 9.59 Å². The van der Waals surface area contributed by atoms with Gasteiger partial charge < -0.3 is 22.7 Å². The van der Waals surface area contributed by atoms with Gasteiger partial charge in [-0.25, -0.2) is 4.79 Å². The molecular weight excluding hydrogens is 238 g/mol. The lowest BCUT2D eigenvalue weighted by atomic mass is 10.2. The van der Waals surface area contributed by atoms with Gasteiger partial charge in [-0.2, -0.15) is 4.90 Å². The van der Waals surface area contributed by atoms with Crippen LogP contribution in [0, 0.1) is 0 Å². The zero-order valence-electron chi connectivity index (χ0n) is 9.73. The van der Waals surface area contributed by atoms with E-state index >= 15 is 0 Å². The van der Waals surface area contributed by atoms with E-state index in [0.717, 1.165) is 0 Å². The lowest BCUT2D eigenvalue weighted by molar-refractivity contribution is -0.144. The fourth-order valence-corrected chi connectivity index (χ4v) is 1.35. The van der Waals surface area contributed by atoms with Crippen LogP contribution in [-0.4, -0.2) is 24.5 Å². The van der Waals surface area contributed by atoms with Gasteiger partial charge in [0.1, 0.15) is 6.04 Å². The Balaban J connectivity index is 2.60. The molecule has 0 aliphatic rings. The molecule has 0 radical (unpaired) electrons. The summed E-state index contributed by atoms with van der Waals surface area (Å²) in [6, 6.07) is 5.91. The van der Waals surface area contributed by atoms with E-state index in [1.807, 2.05) is 0 Å². The molecule has 0 fully saturated rings. The molecule has 0 unspecified atom stereocenters. The molecule has 0 saturated heterocycles. The summed E-state index contributed by atoms with van der Waals surface area (Å²) in [7, 11) is 0. The molecule has 1 aromatic rings. The number of hydrogen-bond acceptors (Lipinski definition) is 4. The molecule has 0 aliphatic carbocycles. The molecule has 0 heterocycles. The number of amides is 1. The molecule has 0 saturated carbocycles. The van der Waals surface area contributed by atoms with Crippen LogP contribution in [0.2, 0.25) is 0 Å². The van der Waals surface area contributed by atoms with Crippen LogP contribution < -0.4 is 5.32 Å². The molecule has 17 heavy (non-hydrogen) atoms. The van der Waals surface area contributed by atoms with Crippen LogP contribution in [-0.2, 0) is 22.2 Å². The van der Waals surface area contributed by atoms with E-state index in [2.05, 4.69) is 5.32 Å². The Kier molecular flexibility index (Phi) is 4.90. The van der Waals surface area contributed by atoms with Crippen molar-refractivity contribution in [3.05, 3.63) is 29.8 Å². The summed E-state index contributed by atoms with van der Waals surface area (Å²) in [5.74, 6) is -0.763. The van der Waals surface area contributed by atoms with Crippen LogP contribution in [0.3, 0.4) is 0 Å². The molecule has 0 aromatic heterocycles. The molecule has 1 N–H and O–H groups in total. The van der Waals surface area contributed by atoms with E-state index in [4.69, 9.17) is 17.4 Å². The quantitative estimate of drug-likeness (QED) is 0.647. The zero-order valence-corrected chi connectivity index (χ0v) is 10.5. The Morgan fingerprint density at radius 3 is 2.47 bits per heavy atom. The van der Waals surface area contributed by atoms with Crippen molar-refractivity contribution in [3.63, 3.8) is 0 Å². The van der Waals surface area contributed by atoms with Crippen molar-refractivity contribution in [2.75, 3.05) is 6.61 Å². The second kappa shape index (κ2) is 6.20. The van der Waals surface area contributed by atoms with Gasteiger partial charge in [0, 0.05) is 5.56 Å². The summed E-state index contributed by atoms with van der Waals surface area (Å²) >= 11 is 4.92. The number of carbonyl (C=O) groups is 2. The molecule has 1 amide bonds. The van der Waals surface area contributed by atoms with Gasteiger partial charge in [0.2, 0.25) is 0 Å². The summed E-state index contributed by atoms with van der Waals surface area (Å²) in [4.78, 5) is 23.7. The standard InChI is InChI=1S/C12H15NO3S/c1-3-16-12(15)8(2)13-11(14)9-4-6-10(17)7-5-9/h4-8,17H,3H2,1-2H3,(H,13,14)/p-1/t8-/m0/s1. The highest BCUT2D eigenvalue weighted by Crippen LogP contribution is 2.03. The van der Waals surface area contributed by atoms with Crippen molar-refractivity contribution in [2.45, 2.75) is 24.8 Å². The van der Waals surface area contributed by atoms with Crippen LogP contribution in [0.15, 0.2) is 29.2 Å². The monoisotopic (exact) mass is 252 g/mol. The lowest BCUT2D eigenvalue weighted by Gasteiger charge is -2.13. The number of nitrogens with one attached hydrogen (secondary N) is 1. The van der Waals surface area contributed by atoms with Gasteiger partial charge in [0.15, 0.2) is 0 Å². The first kappa shape index (κ1) is 13.4. The van der Waals surface area contributed by atoms with E-state index in [-0.39, 0.29) is 5.91 Å². The number of rotatable bonds is 4. The van der Waals surface area contributed by atoms with Gasteiger partial charge in [-0.1, -0.05) is 24.3 Å². The molecule has 1 rings (SSSR count). The molecule has 0 aliphatic heterocycles. The molecule has 0 bridgehead atoms. The van der Waals surface area contributed by atoms with Gasteiger partial charge in [-0.05, 0) is 13.8 Å². The first-order valence-corrected chi connectivity index (χ1v) is 5.70. The Morgan fingerprint density at radius 1 is 1.35 bits per heavy atom. The minimum Gasteiger partial charge on any atom is -0.780 e. The second-order valence-electron chi connectivity index (χ2n) is 3.47. The van der Waals surface area contributed by atoms with E-state index in [0.29, 0.717) is 17.1 Å². The van der Waals surface area contributed by atoms with Crippen molar-refractivity contribution >= 4 is 24.5 Å². The van der Waals surface area contributed by atoms with Crippen LogP contribution >= 0.6 is 0 Å². The Bertz CT molecular complexity index is 403. The van der Waals surface area contributed by atoms with Crippen molar-refractivity contribution in [1.29, 1.82) is 0 Å². The molecule has 0 spiro atoms. The molecule has 1 aromatic carbocycles. The van der Waals surface area contributed by atoms with E-state index in [1.54, 1.807) is 38.1 Å². The summed E-state index contributed by atoms with van der Waals surface area (Å²) in [5, 5.41) is 2.55. The van der Waals surface area contributed by atoms with Gasteiger partial charge in [-0.15, -0.1) is 0 Å². The minimum atomic E-state index is -0.661. The Labute approximate surface area is 106 Å². The maximum Gasteiger partial charge on any atom is 0.328 e. The first-order valence-electron chi connectivity index (χ1n) is 5.29. The van der Waals surface area contributed by atoms with Crippen molar-refractivity contribution < 1.29 is 14.3 Å². The van der Waals surface area contributed by atoms with E-state index in [1.165, 1.54) is 0 Å².